The Hall–Kier alpha value is -2.69. The van der Waals surface area contributed by atoms with Crippen molar-refractivity contribution in [3.63, 3.8) is 0 Å². The fraction of sp³-hybridized carbons (Fsp3) is 0.318. The molecule has 1 saturated heterocycles. The second-order valence-electron chi connectivity index (χ2n) is 7.22. The van der Waals surface area contributed by atoms with E-state index in [4.69, 9.17) is 4.74 Å². The van der Waals surface area contributed by atoms with Crippen LogP contribution in [0.1, 0.15) is 18.4 Å². The molecule has 170 valence electrons. The summed E-state index contributed by atoms with van der Waals surface area (Å²) in [5.74, 6) is -0.670. The van der Waals surface area contributed by atoms with Crippen molar-refractivity contribution in [2.75, 3.05) is 25.6 Å². The van der Waals surface area contributed by atoms with E-state index >= 15 is 0 Å². The minimum atomic E-state index is -3.99. The molecule has 32 heavy (non-hydrogen) atoms. The normalized spacial score (nSPS) is 17.7. The Morgan fingerprint density at radius 1 is 1.16 bits per heavy atom. The Bertz CT molecular complexity index is 1090. The van der Waals surface area contributed by atoms with Crippen molar-refractivity contribution in [1.29, 1.82) is 0 Å². The number of nitrogens with one attached hydrogen (secondary N) is 1. The van der Waals surface area contributed by atoms with E-state index < -0.39 is 15.3 Å². The molecule has 2 aromatic carbocycles. The molecule has 2 amide bonds. The molecular formula is C22H25N3O5S2. The Morgan fingerprint density at radius 2 is 1.84 bits per heavy atom. The van der Waals surface area contributed by atoms with Crippen LogP contribution in [0.15, 0.2) is 63.9 Å². The zero-order valence-corrected chi connectivity index (χ0v) is 19.5. The third-order valence-corrected chi connectivity index (χ3v) is 7.27. The number of carbonyl (C=O) groups excluding carboxylic acids is 2. The SMILES string of the molecule is COCCCN1C(=O)[C@@H](CC(=O)Nc2ccc(C)cc2)SC1=NS(=O)(=O)c1ccccc1. The minimum absolute atomic E-state index is 0.0398. The van der Waals surface area contributed by atoms with E-state index in [0.717, 1.165) is 17.3 Å². The van der Waals surface area contributed by atoms with E-state index in [1.807, 2.05) is 19.1 Å². The highest BCUT2D eigenvalue weighted by molar-refractivity contribution is 8.16. The predicted octanol–water partition coefficient (Wildman–Crippen LogP) is 3.05. The Kier molecular flexibility index (Phi) is 8.05. The molecule has 1 atom stereocenters. The fourth-order valence-corrected chi connectivity index (χ4v) is 5.45. The number of sulfonamides is 1. The maximum absolute atomic E-state index is 13.0. The molecule has 0 bridgehead atoms. The zero-order chi connectivity index (χ0) is 23.1. The largest absolute Gasteiger partial charge is 0.385 e. The van der Waals surface area contributed by atoms with Gasteiger partial charge in [0, 0.05) is 32.4 Å². The lowest BCUT2D eigenvalue weighted by Gasteiger charge is -2.16. The summed E-state index contributed by atoms with van der Waals surface area (Å²) in [5, 5.41) is 2.09. The van der Waals surface area contributed by atoms with Gasteiger partial charge in [0.25, 0.3) is 10.0 Å². The Morgan fingerprint density at radius 3 is 2.50 bits per heavy atom. The second-order valence-corrected chi connectivity index (χ2v) is 10.00. The molecule has 1 aliphatic heterocycles. The molecule has 0 radical (unpaired) electrons. The van der Waals surface area contributed by atoms with Gasteiger partial charge in [0.15, 0.2) is 5.17 Å². The first-order valence-electron chi connectivity index (χ1n) is 10.0. The molecule has 1 fully saturated rings. The number of carbonyl (C=O) groups is 2. The number of rotatable bonds is 9. The number of ether oxygens (including phenoxy) is 1. The van der Waals surface area contributed by atoms with Crippen LogP contribution in [0.2, 0.25) is 0 Å². The van der Waals surface area contributed by atoms with Crippen molar-refractivity contribution < 1.29 is 22.7 Å². The lowest BCUT2D eigenvalue weighted by molar-refractivity contribution is -0.128. The van der Waals surface area contributed by atoms with Gasteiger partial charge in [-0.15, -0.1) is 4.40 Å². The molecule has 0 unspecified atom stereocenters. The van der Waals surface area contributed by atoms with Crippen LogP contribution in [0.5, 0.6) is 0 Å². The van der Waals surface area contributed by atoms with Crippen molar-refractivity contribution in [1.82, 2.24) is 4.90 Å². The number of amides is 2. The summed E-state index contributed by atoms with van der Waals surface area (Å²) < 4.78 is 34.4. The molecule has 1 aliphatic rings. The molecular weight excluding hydrogens is 450 g/mol. The maximum Gasteiger partial charge on any atom is 0.284 e. The minimum Gasteiger partial charge on any atom is -0.385 e. The van der Waals surface area contributed by atoms with Crippen LogP contribution in [-0.4, -0.2) is 55.8 Å². The van der Waals surface area contributed by atoms with Gasteiger partial charge in [0.1, 0.15) is 5.25 Å². The quantitative estimate of drug-likeness (QED) is 0.559. The van der Waals surface area contributed by atoms with Crippen molar-refractivity contribution in [2.24, 2.45) is 4.40 Å². The highest BCUT2D eigenvalue weighted by atomic mass is 32.2. The molecule has 10 heteroatoms. The van der Waals surface area contributed by atoms with Crippen LogP contribution in [-0.2, 0) is 24.3 Å². The smallest absolute Gasteiger partial charge is 0.284 e. The molecule has 1 N–H and O–H groups in total. The maximum atomic E-state index is 13.0. The van der Waals surface area contributed by atoms with Crippen LogP contribution >= 0.6 is 11.8 Å². The standard InChI is InChI=1S/C22H25N3O5S2/c1-16-9-11-17(12-10-16)23-20(26)15-19-21(27)25(13-6-14-30-2)22(31-19)24-32(28,29)18-7-4-3-5-8-18/h3-5,7-12,19H,6,13-15H2,1-2H3,(H,23,26)/t19-/m1/s1. The summed E-state index contributed by atoms with van der Waals surface area (Å²) in [6.07, 6.45) is 0.415. The van der Waals surface area contributed by atoms with Crippen molar-refractivity contribution in [3.8, 4) is 0 Å². The van der Waals surface area contributed by atoms with E-state index in [9.17, 15) is 18.0 Å². The average molecular weight is 476 g/mol. The van der Waals surface area contributed by atoms with Gasteiger partial charge in [0.05, 0.1) is 4.90 Å². The van der Waals surface area contributed by atoms with Crippen LogP contribution in [0.3, 0.4) is 0 Å². The van der Waals surface area contributed by atoms with Gasteiger partial charge in [-0.25, -0.2) is 0 Å². The molecule has 0 spiro atoms. The first kappa shape index (κ1) is 24.0. The number of methoxy groups -OCH3 is 1. The summed E-state index contributed by atoms with van der Waals surface area (Å²) in [6.45, 7) is 2.60. The highest BCUT2D eigenvalue weighted by Gasteiger charge is 2.40. The van der Waals surface area contributed by atoms with Crippen LogP contribution < -0.4 is 5.32 Å². The number of aryl methyl sites for hydroxylation is 1. The number of nitrogens with zero attached hydrogens (tertiary/aromatic N) is 2. The molecule has 0 aromatic heterocycles. The van der Waals surface area contributed by atoms with Crippen LogP contribution in [0.4, 0.5) is 5.69 Å². The number of benzene rings is 2. The second kappa shape index (κ2) is 10.8. The lowest BCUT2D eigenvalue weighted by Crippen LogP contribution is -2.35. The number of amidine groups is 1. The van der Waals surface area contributed by atoms with Gasteiger partial charge in [-0.3, -0.25) is 14.5 Å². The third-order valence-electron chi connectivity index (χ3n) is 4.70. The van der Waals surface area contributed by atoms with E-state index in [1.165, 1.54) is 17.0 Å². The molecule has 0 aliphatic carbocycles. The van der Waals surface area contributed by atoms with E-state index in [1.54, 1.807) is 37.4 Å². The van der Waals surface area contributed by atoms with Gasteiger partial charge < -0.3 is 10.1 Å². The van der Waals surface area contributed by atoms with Gasteiger partial charge in [-0.2, -0.15) is 8.42 Å². The van der Waals surface area contributed by atoms with Crippen LogP contribution in [0.25, 0.3) is 0 Å². The first-order chi connectivity index (χ1) is 15.3. The Labute approximate surface area is 192 Å². The molecule has 2 aromatic rings. The molecule has 8 nitrogen and oxygen atoms in total. The van der Waals surface area contributed by atoms with E-state index in [2.05, 4.69) is 9.71 Å². The molecule has 3 rings (SSSR count). The summed E-state index contributed by atoms with van der Waals surface area (Å²) in [7, 11) is -2.44. The van der Waals surface area contributed by atoms with Crippen molar-refractivity contribution in [3.05, 3.63) is 60.2 Å². The van der Waals surface area contributed by atoms with Gasteiger partial charge in [-0.1, -0.05) is 47.7 Å². The van der Waals surface area contributed by atoms with Crippen molar-refractivity contribution in [2.45, 2.75) is 29.9 Å². The van der Waals surface area contributed by atoms with Crippen LogP contribution in [0, 0.1) is 6.92 Å². The monoisotopic (exact) mass is 475 g/mol. The third kappa shape index (κ3) is 6.18. The number of anilines is 1. The number of hydrogen-bond acceptors (Lipinski definition) is 6. The van der Waals surface area contributed by atoms with Gasteiger partial charge >= 0.3 is 0 Å². The van der Waals surface area contributed by atoms with E-state index in [0.29, 0.717) is 18.7 Å². The highest BCUT2D eigenvalue weighted by Crippen LogP contribution is 2.31. The average Bonchev–Trinajstić information content (AvgIpc) is 3.04. The van der Waals surface area contributed by atoms with E-state index in [-0.39, 0.29) is 34.8 Å². The lowest BCUT2D eigenvalue weighted by atomic mass is 10.2. The predicted molar refractivity (Wildman–Crippen MR) is 125 cm³/mol. The molecule has 1 heterocycles. The summed E-state index contributed by atoms with van der Waals surface area (Å²) in [4.78, 5) is 26.8. The zero-order valence-electron chi connectivity index (χ0n) is 17.9. The fourth-order valence-electron chi connectivity index (χ4n) is 3.05. The summed E-state index contributed by atoms with van der Waals surface area (Å²) in [5.41, 5.74) is 1.70. The Balaban J connectivity index is 1.77. The van der Waals surface area contributed by atoms with Gasteiger partial charge in [-0.05, 0) is 37.6 Å². The number of thioether (sulfide) groups is 1. The number of hydrogen-bond donors (Lipinski definition) is 1. The van der Waals surface area contributed by atoms with Crippen molar-refractivity contribution >= 4 is 44.5 Å². The first-order valence-corrected chi connectivity index (χ1v) is 12.4. The molecule has 0 saturated carbocycles. The summed E-state index contributed by atoms with van der Waals surface area (Å²) >= 11 is 0.993. The topological polar surface area (TPSA) is 105 Å². The van der Waals surface area contributed by atoms with Gasteiger partial charge in [0.2, 0.25) is 11.8 Å². The summed E-state index contributed by atoms with van der Waals surface area (Å²) in [6, 6.07) is 15.1.